The lowest BCUT2D eigenvalue weighted by atomic mass is 9.49. The molecule has 2 amide bonds. The minimum absolute atomic E-state index is 0.0788. The highest BCUT2D eigenvalue weighted by Gasteiger charge is 2.55. The highest BCUT2D eigenvalue weighted by atomic mass is 16.2. The summed E-state index contributed by atoms with van der Waals surface area (Å²) in [7, 11) is 0. The van der Waals surface area contributed by atoms with Crippen molar-refractivity contribution in [2.75, 3.05) is 26.2 Å². The first-order valence-corrected chi connectivity index (χ1v) is 14.0. The summed E-state index contributed by atoms with van der Waals surface area (Å²) in [5.41, 5.74) is 2.08. The second kappa shape index (κ2) is 9.44. The van der Waals surface area contributed by atoms with Gasteiger partial charge < -0.3 is 10.2 Å². The lowest BCUT2D eigenvalue weighted by molar-refractivity contribution is -0.151. The Morgan fingerprint density at radius 3 is 2.25 bits per heavy atom. The molecule has 1 N–H and O–H groups in total. The maximum absolute atomic E-state index is 13.7. The van der Waals surface area contributed by atoms with Crippen molar-refractivity contribution in [2.24, 2.45) is 29.1 Å². The van der Waals surface area contributed by atoms with E-state index < -0.39 is 6.04 Å². The molecule has 6 nitrogen and oxygen atoms in total. The number of aromatic nitrogens is 1. The lowest BCUT2D eigenvalue weighted by Gasteiger charge is -2.56. The molecule has 1 saturated heterocycles. The molecule has 6 heteroatoms. The van der Waals surface area contributed by atoms with Crippen LogP contribution in [0.2, 0.25) is 0 Å². The summed E-state index contributed by atoms with van der Waals surface area (Å²) < 4.78 is 0. The van der Waals surface area contributed by atoms with Crippen LogP contribution in [-0.4, -0.2) is 58.8 Å². The van der Waals surface area contributed by atoms with Gasteiger partial charge in [0.05, 0.1) is 5.52 Å². The Hall–Kier alpha value is -2.47. The normalized spacial score (nSPS) is 30.6. The number of fused-ring (bicyclic) bond motifs is 1. The average Bonchev–Trinajstić information content (AvgIpc) is 2.86. The van der Waals surface area contributed by atoms with Gasteiger partial charge in [0.2, 0.25) is 11.8 Å². The van der Waals surface area contributed by atoms with Gasteiger partial charge in [0.1, 0.15) is 6.04 Å². The van der Waals surface area contributed by atoms with Crippen molar-refractivity contribution < 1.29 is 9.59 Å². The zero-order valence-electron chi connectivity index (χ0n) is 21.8. The first kappa shape index (κ1) is 23.9. The number of nitrogens with zero attached hydrogens (tertiary/aromatic N) is 3. The molecule has 5 aliphatic rings. The van der Waals surface area contributed by atoms with Gasteiger partial charge >= 0.3 is 0 Å². The number of benzene rings is 1. The van der Waals surface area contributed by atoms with Crippen LogP contribution < -0.4 is 5.32 Å². The fraction of sp³-hybridized carbons (Fsp3) is 0.633. The summed E-state index contributed by atoms with van der Waals surface area (Å²) in [6, 6.07) is 10.0. The summed E-state index contributed by atoms with van der Waals surface area (Å²) in [4.78, 5) is 36.3. The summed E-state index contributed by atoms with van der Waals surface area (Å²) >= 11 is 0. The third kappa shape index (κ3) is 4.42. The zero-order valence-corrected chi connectivity index (χ0v) is 21.8. The van der Waals surface area contributed by atoms with E-state index in [0.29, 0.717) is 13.1 Å². The van der Waals surface area contributed by atoms with Crippen molar-refractivity contribution in [2.45, 2.75) is 65.0 Å². The number of rotatable bonds is 6. The Labute approximate surface area is 214 Å². The SMILES string of the molecule is CC(C)[C@@H](NC(=O)C12CC3CC(CC(C3)C1)C2)C(=O)N1CCN(Cc2cccc3cccnc23)CC1. The number of hydrogen-bond donors (Lipinski definition) is 1. The molecule has 2 heterocycles. The van der Waals surface area contributed by atoms with Gasteiger partial charge in [0.25, 0.3) is 0 Å². The van der Waals surface area contributed by atoms with Crippen LogP contribution in [-0.2, 0) is 16.1 Å². The fourth-order valence-electron chi connectivity index (χ4n) is 8.06. The molecule has 0 radical (unpaired) electrons. The predicted octanol–water partition coefficient (Wildman–Crippen LogP) is 4.24. The van der Waals surface area contributed by atoms with E-state index in [9.17, 15) is 9.59 Å². The molecule has 4 bridgehead atoms. The zero-order chi connectivity index (χ0) is 24.9. The molecule has 192 valence electrons. The predicted molar refractivity (Wildman–Crippen MR) is 141 cm³/mol. The van der Waals surface area contributed by atoms with Crippen LogP contribution in [0.1, 0.15) is 57.9 Å². The number of carbonyl (C=O) groups excluding carboxylic acids is 2. The number of nitrogens with one attached hydrogen (secondary N) is 1. The van der Waals surface area contributed by atoms with Crippen LogP contribution in [0.3, 0.4) is 0 Å². The number of piperazine rings is 1. The van der Waals surface area contributed by atoms with Crippen LogP contribution in [0.4, 0.5) is 0 Å². The third-order valence-corrected chi connectivity index (χ3v) is 9.53. The standard InChI is InChI=1S/C30H40N4O2/c1-20(2)26(32-29(36)30-16-21-13-22(17-30)15-23(14-21)18-30)28(35)34-11-9-33(10-12-34)19-25-6-3-5-24-7-4-8-31-27(24)25/h3-8,20-23,26H,9-19H2,1-2H3,(H,32,36)/t21?,22?,23?,26-,30?/m1/s1. The number of hydrogen-bond acceptors (Lipinski definition) is 4. The molecule has 4 aliphatic carbocycles. The van der Waals surface area contributed by atoms with Gasteiger partial charge in [-0.2, -0.15) is 0 Å². The summed E-state index contributed by atoms with van der Waals surface area (Å²) in [5.74, 6) is 2.50. The third-order valence-electron chi connectivity index (χ3n) is 9.53. The van der Waals surface area contributed by atoms with Gasteiger partial charge in [-0.1, -0.05) is 38.1 Å². The molecular formula is C30H40N4O2. The van der Waals surface area contributed by atoms with Crippen LogP contribution in [0.5, 0.6) is 0 Å². The quantitative estimate of drug-likeness (QED) is 0.661. The minimum atomic E-state index is -0.431. The molecule has 5 fully saturated rings. The van der Waals surface area contributed by atoms with Gasteiger partial charge in [0.15, 0.2) is 0 Å². The minimum Gasteiger partial charge on any atom is -0.344 e. The highest BCUT2D eigenvalue weighted by molar-refractivity contribution is 5.90. The van der Waals surface area contributed by atoms with E-state index in [4.69, 9.17) is 0 Å². The van der Waals surface area contributed by atoms with E-state index >= 15 is 0 Å². The van der Waals surface area contributed by atoms with E-state index in [1.165, 1.54) is 30.2 Å². The van der Waals surface area contributed by atoms with Crippen LogP contribution >= 0.6 is 0 Å². The summed E-state index contributed by atoms with van der Waals surface area (Å²) in [6.07, 6.45) is 8.91. The molecule has 0 unspecified atom stereocenters. The molecule has 1 aliphatic heterocycles. The molecular weight excluding hydrogens is 448 g/mol. The Kier molecular flexibility index (Phi) is 6.27. The molecule has 1 aromatic heterocycles. The Bertz CT molecular complexity index is 1100. The van der Waals surface area contributed by atoms with E-state index in [1.807, 2.05) is 17.2 Å². The smallest absolute Gasteiger partial charge is 0.245 e. The van der Waals surface area contributed by atoms with Crippen molar-refractivity contribution in [3.8, 4) is 0 Å². The number of pyridine rings is 1. The maximum atomic E-state index is 13.7. The van der Waals surface area contributed by atoms with Crippen molar-refractivity contribution in [1.29, 1.82) is 0 Å². The highest BCUT2D eigenvalue weighted by Crippen LogP contribution is 2.60. The average molecular weight is 489 g/mol. The van der Waals surface area contributed by atoms with E-state index in [-0.39, 0.29) is 23.1 Å². The van der Waals surface area contributed by atoms with Crippen molar-refractivity contribution in [3.05, 3.63) is 42.1 Å². The topological polar surface area (TPSA) is 65.5 Å². The molecule has 7 rings (SSSR count). The number of para-hydroxylation sites is 1. The van der Waals surface area contributed by atoms with Crippen LogP contribution in [0.15, 0.2) is 36.5 Å². The van der Waals surface area contributed by atoms with E-state index in [1.54, 1.807) is 0 Å². The Morgan fingerprint density at radius 1 is 0.972 bits per heavy atom. The largest absolute Gasteiger partial charge is 0.344 e. The Balaban J connectivity index is 1.08. The van der Waals surface area contributed by atoms with E-state index in [2.05, 4.69) is 53.3 Å². The molecule has 2 aromatic rings. The summed E-state index contributed by atoms with van der Waals surface area (Å²) in [5, 5.41) is 4.45. The Morgan fingerprint density at radius 2 is 1.61 bits per heavy atom. The monoisotopic (exact) mass is 488 g/mol. The molecule has 1 aromatic carbocycles. The second-order valence-corrected chi connectivity index (χ2v) is 12.5. The van der Waals surface area contributed by atoms with Crippen molar-refractivity contribution in [3.63, 3.8) is 0 Å². The van der Waals surface area contributed by atoms with Gasteiger partial charge in [-0.25, -0.2) is 0 Å². The molecule has 1 atom stereocenters. The fourth-order valence-corrected chi connectivity index (χ4v) is 8.06. The van der Waals surface area contributed by atoms with Crippen molar-refractivity contribution in [1.82, 2.24) is 20.1 Å². The summed E-state index contributed by atoms with van der Waals surface area (Å²) in [6.45, 7) is 8.04. The van der Waals surface area contributed by atoms with Crippen LogP contribution in [0.25, 0.3) is 10.9 Å². The van der Waals surface area contributed by atoms with E-state index in [0.717, 1.165) is 62.2 Å². The molecule has 0 spiro atoms. The van der Waals surface area contributed by atoms with Gasteiger partial charge in [0, 0.05) is 49.7 Å². The van der Waals surface area contributed by atoms with Gasteiger partial charge in [-0.15, -0.1) is 0 Å². The van der Waals surface area contributed by atoms with Gasteiger partial charge in [-0.05, 0) is 73.8 Å². The first-order valence-electron chi connectivity index (χ1n) is 14.0. The maximum Gasteiger partial charge on any atom is 0.245 e. The first-order chi connectivity index (χ1) is 17.4. The van der Waals surface area contributed by atoms with Gasteiger partial charge in [-0.3, -0.25) is 19.5 Å². The van der Waals surface area contributed by atoms with Crippen LogP contribution in [0, 0.1) is 29.1 Å². The number of amides is 2. The lowest BCUT2D eigenvalue weighted by Crippen LogP contribution is -2.60. The van der Waals surface area contributed by atoms with Crippen molar-refractivity contribution >= 4 is 22.7 Å². The second-order valence-electron chi connectivity index (χ2n) is 12.5. The molecule has 4 saturated carbocycles. The molecule has 36 heavy (non-hydrogen) atoms. The number of carbonyl (C=O) groups is 2.